The molecule has 0 saturated heterocycles. The maximum Gasteiger partial charge on any atom is 0.255 e. The standard InChI is InChI=1S/C27H20ClF2N3O3/c1-31-25(35)21-20-9-19(23(28)32-26(20)36-22(21)14-2-4-17(29)5-3-14)15-6-16(8-18(30)7-15)24(34)33-27-10-13(11-27)12-27/h2-9,13H,10-12H2,1H3,(H,31,35)(H,33,34). The predicted octanol–water partition coefficient (Wildman–Crippen LogP) is 5.74. The van der Waals surface area contributed by atoms with E-state index in [1.807, 2.05) is 0 Å². The number of carbonyl (C=O) groups excluding carboxylic acids is 2. The third-order valence-electron chi connectivity index (χ3n) is 7.08. The van der Waals surface area contributed by atoms with Crippen LogP contribution < -0.4 is 10.6 Å². The molecular formula is C27H20ClF2N3O3. The van der Waals surface area contributed by atoms with E-state index >= 15 is 0 Å². The molecule has 0 spiro atoms. The normalized spacial score (nSPS) is 19.9. The summed E-state index contributed by atoms with van der Waals surface area (Å²) < 4.78 is 34.0. The van der Waals surface area contributed by atoms with Gasteiger partial charge < -0.3 is 15.1 Å². The van der Waals surface area contributed by atoms with Gasteiger partial charge in [-0.1, -0.05) is 11.6 Å². The van der Waals surface area contributed by atoms with Crippen molar-refractivity contribution in [1.82, 2.24) is 15.6 Å². The van der Waals surface area contributed by atoms with E-state index in [-0.39, 0.29) is 39.2 Å². The topological polar surface area (TPSA) is 84.2 Å². The second-order valence-corrected chi connectivity index (χ2v) is 9.87. The van der Waals surface area contributed by atoms with Crippen molar-refractivity contribution in [3.8, 4) is 22.5 Å². The van der Waals surface area contributed by atoms with Gasteiger partial charge in [-0.15, -0.1) is 0 Å². The molecule has 2 aromatic carbocycles. The Labute approximate surface area is 209 Å². The average molecular weight is 508 g/mol. The molecule has 182 valence electrons. The number of benzene rings is 2. The number of nitrogens with one attached hydrogen (secondary N) is 2. The summed E-state index contributed by atoms with van der Waals surface area (Å²) in [5.74, 6) is -0.929. The van der Waals surface area contributed by atoms with E-state index in [1.54, 1.807) is 12.1 Å². The van der Waals surface area contributed by atoms with E-state index in [0.29, 0.717) is 28.0 Å². The minimum absolute atomic E-state index is 0.0155. The number of carbonyl (C=O) groups is 2. The van der Waals surface area contributed by atoms with Crippen molar-refractivity contribution in [1.29, 1.82) is 0 Å². The molecule has 2 amide bonds. The van der Waals surface area contributed by atoms with Gasteiger partial charge in [0.2, 0.25) is 5.71 Å². The van der Waals surface area contributed by atoms with E-state index in [4.69, 9.17) is 16.0 Å². The highest BCUT2D eigenvalue weighted by Gasteiger charge is 2.57. The van der Waals surface area contributed by atoms with Crippen LogP contribution in [0.3, 0.4) is 0 Å². The SMILES string of the molecule is CNC(=O)c1c(-c2ccc(F)cc2)oc2nc(Cl)c(-c3cc(F)cc(C(=O)NC45CC(C4)C5)c3)cc12. The van der Waals surface area contributed by atoms with Crippen LogP contribution in [0.2, 0.25) is 5.15 Å². The van der Waals surface area contributed by atoms with Crippen molar-refractivity contribution in [2.24, 2.45) is 5.92 Å². The molecular weight excluding hydrogens is 488 g/mol. The first-order chi connectivity index (χ1) is 17.2. The smallest absolute Gasteiger partial charge is 0.255 e. The Morgan fingerprint density at radius 1 is 1.00 bits per heavy atom. The third kappa shape index (κ3) is 3.64. The maximum atomic E-state index is 14.6. The van der Waals surface area contributed by atoms with Gasteiger partial charge in [-0.25, -0.2) is 13.8 Å². The Kier molecular flexibility index (Phi) is 5.12. The number of nitrogens with zero attached hydrogens (tertiary/aromatic N) is 1. The van der Waals surface area contributed by atoms with Gasteiger partial charge in [0.1, 0.15) is 22.5 Å². The molecule has 7 rings (SSSR count). The molecule has 2 N–H and O–H groups in total. The zero-order chi connectivity index (χ0) is 25.2. The molecule has 2 aromatic heterocycles. The number of aromatic nitrogens is 1. The van der Waals surface area contributed by atoms with Gasteiger partial charge in [-0.3, -0.25) is 9.59 Å². The number of furan rings is 1. The van der Waals surface area contributed by atoms with Crippen molar-refractivity contribution in [3.63, 3.8) is 0 Å². The van der Waals surface area contributed by atoms with Crippen molar-refractivity contribution in [2.45, 2.75) is 24.8 Å². The van der Waals surface area contributed by atoms with Crippen LogP contribution in [0.5, 0.6) is 0 Å². The van der Waals surface area contributed by atoms with Crippen LogP contribution in [-0.4, -0.2) is 29.4 Å². The van der Waals surface area contributed by atoms with Gasteiger partial charge in [0.15, 0.2) is 0 Å². The minimum atomic E-state index is -0.600. The fourth-order valence-corrected chi connectivity index (χ4v) is 5.42. The van der Waals surface area contributed by atoms with Crippen LogP contribution >= 0.6 is 11.6 Å². The first-order valence-corrected chi connectivity index (χ1v) is 11.9. The number of fused-ring (bicyclic) bond motifs is 1. The zero-order valence-corrected chi connectivity index (χ0v) is 19.9. The lowest BCUT2D eigenvalue weighted by Gasteiger charge is -2.61. The van der Waals surface area contributed by atoms with E-state index < -0.39 is 17.5 Å². The van der Waals surface area contributed by atoms with Crippen LogP contribution in [0.1, 0.15) is 40.0 Å². The molecule has 9 heteroatoms. The van der Waals surface area contributed by atoms with E-state index in [2.05, 4.69) is 15.6 Å². The summed E-state index contributed by atoms with van der Waals surface area (Å²) in [6.45, 7) is 0. The molecule has 3 saturated carbocycles. The van der Waals surface area contributed by atoms with Crippen LogP contribution in [-0.2, 0) is 0 Å². The van der Waals surface area contributed by atoms with Gasteiger partial charge >= 0.3 is 0 Å². The number of hydrogen-bond acceptors (Lipinski definition) is 4. The predicted molar refractivity (Wildman–Crippen MR) is 131 cm³/mol. The van der Waals surface area contributed by atoms with E-state index in [9.17, 15) is 18.4 Å². The fraction of sp³-hybridized carbons (Fsp3) is 0.222. The lowest BCUT2D eigenvalue weighted by atomic mass is 9.50. The van der Waals surface area contributed by atoms with Crippen LogP contribution in [0, 0.1) is 17.6 Å². The van der Waals surface area contributed by atoms with Crippen molar-refractivity contribution in [3.05, 3.63) is 76.4 Å². The summed E-state index contributed by atoms with van der Waals surface area (Å²) in [6.07, 6.45) is 2.89. The Balaban J connectivity index is 1.46. The van der Waals surface area contributed by atoms with Gasteiger partial charge in [0.05, 0.1) is 10.9 Å². The minimum Gasteiger partial charge on any atom is -0.437 e. The molecule has 0 radical (unpaired) electrons. The second kappa shape index (κ2) is 8.13. The monoisotopic (exact) mass is 507 g/mol. The van der Waals surface area contributed by atoms with Crippen molar-refractivity contribution < 1.29 is 22.8 Å². The van der Waals surface area contributed by atoms with Crippen LogP contribution in [0.25, 0.3) is 33.6 Å². The van der Waals surface area contributed by atoms with Crippen LogP contribution in [0.4, 0.5) is 8.78 Å². The molecule has 36 heavy (non-hydrogen) atoms. The highest BCUT2D eigenvalue weighted by atomic mass is 35.5. The Bertz CT molecular complexity index is 1550. The Hall–Kier alpha value is -3.78. The molecule has 0 unspecified atom stereocenters. The van der Waals surface area contributed by atoms with Gasteiger partial charge in [-0.2, -0.15) is 0 Å². The summed E-state index contributed by atoms with van der Waals surface area (Å²) in [6, 6.07) is 11.1. The largest absolute Gasteiger partial charge is 0.437 e. The first-order valence-electron chi connectivity index (χ1n) is 11.5. The van der Waals surface area contributed by atoms with Crippen molar-refractivity contribution >= 4 is 34.5 Å². The highest BCUT2D eigenvalue weighted by molar-refractivity contribution is 6.32. The van der Waals surface area contributed by atoms with E-state index in [0.717, 1.165) is 19.3 Å². The molecule has 0 atom stereocenters. The summed E-state index contributed by atoms with van der Waals surface area (Å²) >= 11 is 6.46. The lowest BCUT2D eigenvalue weighted by molar-refractivity contribution is -0.0438. The summed E-state index contributed by atoms with van der Waals surface area (Å²) in [7, 11) is 1.48. The fourth-order valence-electron chi connectivity index (χ4n) is 5.18. The number of halogens is 3. The summed E-state index contributed by atoms with van der Waals surface area (Å²) in [5.41, 5.74) is 1.45. The van der Waals surface area contributed by atoms with Crippen LogP contribution in [0.15, 0.2) is 52.9 Å². The van der Waals surface area contributed by atoms with Gasteiger partial charge in [-0.05, 0) is 79.3 Å². The number of hydrogen-bond donors (Lipinski definition) is 2. The lowest BCUT2D eigenvalue weighted by Crippen LogP contribution is -2.68. The zero-order valence-electron chi connectivity index (χ0n) is 19.1. The molecule has 3 aliphatic rings. The Morgan fingerprint density at radius 2 is 1.72 bits per heavy atom. The number of pyridine rings is 1. The van der Waals surface area contributed by atoms with E-state index in [1.165, 1.54) is 43.4 Å². The van der Waals surface area contributed by atoms with Gasteiger partial charge in [0, 0.05) is 29.3 Å². The molecule has 3 fully saturated rings. The summed E-state index contributed by atoms with van der Waals surface area (Å²) in [5, 5.41) is 5.97. The molecule has 6 nitrogen and oxygen atoms in total. The number of amides is 2. The third-order valence-corrected chi connectivity index (χ3v) is 7.37. The quantitative estimate of drug-likeness (QED) is 0.338. The van der Waals surface area contributed by atoms with Gasteiger partial charge in [0.25, 0.3) is 11.8 Å². The summed E-state index contributed by atoms with van der Waals surface area (Å²) in [4.78, 5) is 30.0. The average Bonchev–Trinajstić information content (AvgIpc) is 3.17. The molecule has 2 bridgehead atoms. The maximum absolute atomic E-state index is 14.6. The Morgan fingerprint density at radius 3 is 2.36 bits per heavy atom. The van der Waals surface area contributed by atoms with Crippen molar-refractivity contribution in [2.75, 3.05) is 7.05 Å². The first kappa shape index (κ1) is 22.7. The highest BCUT2D eigenvalue weighted by Crippen LogP contribution is 2.57. The molecule has 0 aliphatic heterocycles. The number of rotatable bonds is 5. The molecule has 3 aliphatic carbocycles. The molecule has 4 aromatic rings. The molecule has 2 heterocycles. The second-order valence-electron chi connectivity index (χ2n) is 9.51.